The van der Waals surface area contributed by atoms with Crippen LogP contribution in [0.2, 0.25) is 0 Å². The van der Waals surface area contributed by atoms with Crippen molar-refractivity contribution in [2.24, 2.45) is 0 Å². The van der Waals surface area contributed by atoms with E-state index in [0.29, 0.717) is 12.8 Å². The van der Waals surface area contributed by atoms with Crippen LogP contribution in [0.15, 0.2) is 18.2 Å². The zero-order valence-corrected chi connectivity index (χ0v) is 10.9. The highest BCUT2D eigenvalue weighted by Crippen LogP contribution is 2.17. The van der Waals surface area contributed by atoms with Gasteiger partial charge in [0.15, 0.2) is 0 Å². The smallest absolute Gasteiger partial charge is 0.323 e. The van der Waals surface area contributed by atoms with Crippen LogP contribution >= 0.6 is 0 Å². The summed E-state index contributed by atoms with van der Waals surface area (Å²) in [5.74, 6) is -2.27. The Bertz CT molecular complexity index is 433. The van der Waals surface area contributed by atoms with Crippen LogP contribution in [0.1, 0.15) is 19.8 Å². The first-order chi connectivity index (χ1) is 8.87. The molecule has 19 heavy (non-hydrogen) atoms. The van der Waals surface area contributed by atoms with Gasteiger partial charge in [-0.3, -0.25) is 4.79 Å². The minimum atomic E-state index is -1.03. The number of hydrogen-bond acceptors (Lipinski definition) is 3. The van der Waals surface area contributed by atoms with Gasteiger partial charge >= 0.3 is 5.97 Å². The summed E-state index contributed by atoms with van der Waals surface area (Å²) in [5, 5.41) is 11.7. The van der Waals surface area contributed by atoms with E-state index in [1.807, 2.05) is 0 Å². The van der Waals surface area contributed by atoms with Gasteiger partial charge in [0.2, 0.25) is 0 Å². The number of carboxylic acid groups (broad SMARTS) is 1. The number of carboxylic acids is 1. The fourth-order valence-electron chi connectivity index (χ4n) is 1.57. The third-order valence-electron chi connectivity index (χ3n) is 2.95. The summed E-state index contributed by atoms with van der Waals surface area (Å²) >= 11 is 0. The number of benzene rings is 1. The van der Waals surface area contributed by atoms with Gasteiger partial charge in [0, 0.05) is 18.2 Å². The largest absolute Gasteiger partial charge is 0.493 e. The maximum atomic E-state index is 12.9. The topological polar surface area (TPSA) is 58.6 Å². The zero-order valence-electron chi connectivity index (χ0n) is 10.9. The molecule has 0 aliphatic carbocycles. The molecule has 0 aromatic heterocycles. The Morgan fingerprint density at radius 1 is 1.37 bits per heavy atom. The molecule has 0 saturated carbocycles. The van der Waals surface area contributed by atoms with Crippen molar-refractivity contribution in [3.8, 4) is 5.75 Å². The number of ether oxygens (including phenoxy) is 1. The van der Waals surface area contributed by atoms with Gasteiger partial charge in [0.25, 0.3) is 0 Å². The van der Waals surface area contributed by atoms with Crippen molar-refractivity contribution in [3.63, 3.8) is 0 Å². The van der Waals surface area contributed by atoms with Gasteiger partial charge in [0.1, 0.15) is 22.9 Å². The zero-order chi connectivity index (χ0) is 14.5. The average Bonchev–Trinajstić information content (AvgIpc) is 2.33. The molecule has 2 N–H and O–H groups in total. The Morgan fingerprint density at radius 3 is 2.42 bits per heavy atom. The molecular formula is C13H17F2NO3. The van der Waals surface area contributed by atoms with Crippen molar-refractivity contribution < 1.29 is 23.4 Å². The normalized spacial score (nSPS) is 13.9. The molecule has 1 atom stereocenters. The van der Waals surface area contributed by atoms with Crippen LogP contribution < -0.4 is 10.1 Å². The molecular weight excluding hydrogens is 256 g/mol. The van der Waals surface area contributed by atoms with E-state index >= 15 is 0 Å². The van der Waals surface area contributed by atoms with Crippen LogP contribution in [0, 0.1) is 11.6 Å². The van der Waals surface area contributed by atoms with Crippen LogP contribution in [0.5, 0.6) is 5.75 Å². The number of carbonyl (C=O) groups is 1. The Hall–Kier alpha value is -1.69. The molecule has 0 aliphatic heterocycles. The second-order valence-electron chi connectivity index (χ2n) is 4.44. The van der Waals surface area contributed by atoms with Crippen molar-refractivity contribution in [1.82, 2.24) is 5.32 Å². The van der Waals surface area contributed by atoms with Gasteiger partial charge in [0.05, 0.1) is 6.61 Å². The van der Waals surface area contributed by atoms with Crippen LogP contribution in [-0.4, -0.2) is 30.3 Å². The minimum absolute atomic E-state index is 0.0963. The highest BCUT2D eigenvalue weighted by Gasteiger charge is 2.30. The number of aliphatic carboxylic acids is 1. The number of rotatable bonds is 7. The summed E-state index contributed by atoms with van der Waals surface area (Å²) in [4.78, 5) is 11.0. The van der Waals surface area contributed by atoms with Crippen molar-refractivity contribution in [3.05, 3.63) is 29.8 Å². The van der Waals surface area contributed by atoms with E-state index in [1.54, 1.807) is 14.0 Å². The molecule has 0 bridgehead atoms. The minimum Gasteiger partial charge on any atom is -0.493 e. The molecule has 0 amide bonds. The quantitative estimate of drug-likeness (QED) is 0.748. The second-order valence-corrected chi connectivity index (χ2v) is 4.44. The molecule has 6 heteroatoms. The number of halogens is 2. The molecule has 0 spiro atoms. The maximum absolute atomic E-state index is 12.9. The van der Waals surface area contributed by atoms with E-state index in [9.17, 15) is 13.6 Å². The van der Waals surface area contributed by atoms with Gasteiger partial charge < -0.3 is 15.2 Å². The van der Waals surface area contributed by atoms with Crippen LogP contribution in [0.25, 0.3) is 0 Å². The third kappa shape index (κ3) is 4.48. The lowest BCUT2D eigenvalue weighted by Gasteiger charge is -2.23. The molecule has 106 valence electrons. The first-order valence-corrected chi connectivity index (χ1v) is 5.88. The molecule has 0 saturated heterocycles. The fourth-order valence-corrected chi connectivity index (χ4v) is 1.57. The predicted octanol–water partition coefficient (Wildman–Crippen LogP) is 2.19. The van der Waals surface area contributed by atoms with Crippen LogP contribution in [0.4, 0.5) is 8.78 Å². The third-order valence-corrected chi connectivity index (χ3v) is 2.95. The summed E-state index contributed by atoms with van der Waals surface area (Å²) in [6.45, 7) is 1.75. The summed E-state index contributed by atoms with van der Waals surface area (Å²) < 4.78 is 30.9. The summed E-state index contributed by atoms with van der Waals surface area (Å²) in [5.41, 5.74) is -1.03. The molecule has 1 aromatic carbocycles. The molecule has 0 fully saturated rings. The molecule has 1 unspecified atom stereocenters. The predicted molar refractivity (Wildman–Crippen MR) is 66.2 cm³/mol. The van der Waals surface area contributed by atoms with Gasteiger partial charge in [-0.05, 0) is 26.8 Å². The number of hydrogen-bond donors (Lipinski definition) is 2. The lowest BCUT2D eigenvalue weighted by atomic mass is 9.96. The highest BCUT2D eigenvalue weighted by atomic mass is 19.1. The van der Waals surface area contributed by atoms with Crippen molar-refractivity contribution in [2.45, 2.75) is 25.3 Å². The SMILES string of the molecule is CNC(C)(CCCOc1cc(F)cc(F)c1)C(=O)O. The van der Waals surface area contributed by atoms with Gasteiger partial charge in [-0.1, -0.05) is 0 Å². The lowest BCUT2D eigenvalue weighted by Crippen LogP contribution is -2.47. The number of likely N-dealkylation sites (N-methyl/N-ethyl adjacent to an activating group) is 1. The van der Waals surface area contributed by atoms with Crippen molar-refractivity contribution >= 4 is 5.97 Å². The molecule has 1 aromatic rings. The van der Waals surface area contributed by atoms with Gasteiger partial charge in [-0.15, -0.1) is 0 Å². The highest BCUT2D eigenvalue weighted by molar-refractivity contribution is 5.78. The standard InChI is InChI=1S/C13H17F2NO3/c1-13(16-2,12(17)18)4-3-5-19-11-7-9(14)6-10(15)8-11/h6-8,16H,3-5H2,1-2H3,(H,17,18). The Kier molecular flexibility index (Phi) is 5.23. The Balaban J connectivity index is 2.44. The lowest BCUT2D eigenvalue weighted by molar-refractivity contribution is -0.144. The first kappa shape index (κ1) is 15.4. The number of nitrogens with one attached hydrogen (secondary N) is 1. The average molecular weight is 273 g/mol. The van der Waals surface area contributed by atoms with E-state index in [4.69, 9.17) is 9.84 Å². The van der Waals surface area contributed by atoms with Crippen molar-refractivity contribution in [1.29, 1.82) is 0 Å². The molecule has 0 radical (unpaired) electrons. The molecule has 0 heterocycles. The Labute approximate surface area is 110 Å². The molecule has 4 nitrogen and oxygen atoms in total. The molecule has 0 aliphatic rings. The fraction of sp³-hybridized carbons (Fsp3) is 0.462. The Morgan fingerprint density at radius 2 is 1.95 bits per heavy atom. The maximum Gasteiger partial charge on any atom is 0.323 e. The van der Waals surface area contributed by atoms with E-state index in [0.717, 1.165) is 18.2 Å². The van der Waals surface area contributed by atoms with E-state index in [-0.39, 0.29) is 12.4 Å². The van der Waals surface area contributed by atoms with E-state index in [2.05, 4.69) is 5.32 Å². The summed E-state index contributed by atoms with van der Waals surface area (Å²) in [7, 11) is 1.57. The first-order valence-electron chi connectivity index (χ1n) is 5.88. The van der Waals surface area contributed by atoms with E-state index < -0.39 is 23.1 Å². The van der Waals surface area contributed by atoms with Crippen LogP contribution in [-0.2, 0) is 4.79 Å². The summed E-state index contributed by atoms with van der Waals surface area (Å²) in [6.07, 6.45) is 0.790. The van der Waals surface area contributed by atoms with Gasteiger partial charge in [-0.2, -0.15) is 0 Å². The summed E-state index contributed by atoms with van der Waals surface area (Å²) in [6, 6.07) is 2.92. The second kappa shape index (κ2) is 6.47. The van der Waals surface area contributed by atoms with Crippen LogP contribution in [0.3, 0.4) is 0 Å². The molecule has 1 rings (SSSR count). The van der Waals surface area contributed by atoms with E-state index in [1.165, 1.54) is 0 Å². The van der Waals surface area contributed by atoms with Crippen molar-refractivity contribution in [2.75, 3.05) is 13.7 Å². The monoisotopic (exact) mass is 273 g/mol. The van der Waals surface area contributed by atoms with Gasteiger partial charge in [-0.25, -0.2) is 8.78 Å².